The Morgan fingerprint density at radius 1 is 1.32 bits per heavy atom. The van der Waals surface area contributed by atoms with E-state index in [-0.39, 0.29) is 36.2 Å². The number of amides is 2. The molecule has 2 aliphatic rings. The first-order valence-corrected chi connectivity index (χ1v) is 9.88. The number of nitrogens with one attached hydrogen (secondary N) is 2. The second kappa shape index (κ2) is 7.47. The normalized spacial score (nSPS) is 27.1. The van der Waals surface area contributed by atoms with E-state index in [1.165, 1.54) is 5.56 Å². The van der Waals surface area contributed by atoms with Gasteiger partial charge in [-0.05, 0) is 26.3 Å². The lowest BCUT2D eigenvalue weighted by atomic mass is 9.94. The highest BCUT2D eigenvalue weighted by atomic mass is 16.5. The van der Waals surface area contributed by atoms with Crippen LogP contribution in [0.4, 0.5) is 4.79 Å². The van der Waals surface area contributed by atoms with Gasteiger partial charge in [0.1, 0.15) is 18.0 Å². The van der Waals surface area contributed by atoms with Crippen LogP contribution in [0.15, 0.2) is 30.5 Å². The van der Waals surface area contributed by atoms with Crippen molar-refractivity contribution in [3.63, 3.8) is 0 Å². The minimum atomic E-state index is -0.193. The van der Waals surface area contributed by atoms with Crippen molar-refractivity contribution in [2.45, 2.75) is 57.4 Å². The molecule has 1 aromatic carbocycles. The molecule has 28 heavy (non-hydrogen) atoms. The maximum absolute atomic E-state index is 12.7. The third-order valence-electron chi connectivity index (χ3n) is 5.78. The number of fused-ring (bicyclic) bond motifs is 1. The minimum Gasteiger partial charge on any atom is -0.487 e. The van der Waals surface area contributed by atoms with Crippen molar-refractivity contribution in [3.8, 4) is 5.75 Å². The fourth-order valence-electron chi connectivity index (χ4n) is 4.36. The van der Waals surface area contributed by atoms with Crippen LogP contribution >= 0.6 is 0 Å². The third-order valence-corrected chi connectivity index (χ3v) is 5.78. The van der Waals surface area contributed by atoms with E-state index >= 15 is 0 Å². The van der Waals surface area contributed by atoms with Gasteiger partial charge in [-0.25, -0.2) is 4.79 Å². The molecule has 2 aromatic rings. The lowest BCUT2D eigenvalue weighted by Crippen LogP contribution is -2.51. The number of para-hydroxylation sites is 1. The predicted molar refractivity (Wildman–Crippen MR) is 105 cm³/mol. The highest BCUT2D eigenvalue weighted by molar-refractivity contribution is 5.74. The summed E-state index contributed by atoms with van der Waals surface area (Å²) in [6, 6.07) is 7.67. The summed E-state index contributed by atoms with van der Waals surface area (Å²) in [4.78, 5) is 12.7. The fourth-order valence-corrected chi connectivity index (χ4v) is 4.36. The third kappa shape index (κ3) is 3.46. The van der Waals surface area contributed by atoms with Crippen LogP contribution in [0.2, 0.25) is 0 Å². The van der Waals surface area contributed by atoms with Crippen molar-refractivity contribution in [3.05, 3.63) is 47.3 Å². The number of ether oxygens (including phenoxy) is 2. The second-order valence-corrected chi connectivity index (χ2v) is 7.85. The molecule has 1 aromatic heterocycles. The number of hydrogen-bond acceptors (Lipinski definition) is 4. The van der Waals surface area contributed by atoms with Gasteiger partial charge in [0.25, 0.3) is 0 Å². The maximum atomic E-state index is 12.7. The largest absolute Gasteiger partial charge is 0.487 e. The Bertz CT molecular complexity index is 865. The van der Waals surface area contributed by atoms with Gasteiger partial charge in [-0.2, -0.15) is 5.10 Å². The van der Waals surface area contributed by atoms with Gasteiger partial charge in [0, 0.05) is 36.9 Å². The van der Waals surface area contributed by atoms with Crippen molar-refractivity contribution < 1.29 is 14.3 Å². The number of hydrogen-bond donors (Lipinski definition) is 2. The Kier molecular flexibility index (Phi) is 5.02. The molecule has 7 heteroatoms. The molecule has 1 saturated heterocycles. The number of aryl methyl sites for hydroxylation is 2. The summed E-state index contributed by atoms with van der Waals surface area (Å²) in [5.74, 6) is 1.14. The number of aromatic nitrogens is 2. The van der Waals surface area contributed by atoms with Gasteiger partial charge in [0.2, 0.25) is 0 Å². The number of rotatable bonds is 4. The molecule has 5 atom stereocenters. The molecule has 2 amide bonds. The van der Waals surface area contributed by atoms with E-state index in [0.29, 0.717) is 6.61 Å². The predicted octanol–water partition coefficient (Wildman–Crippen LogP) is 2.81. The standard InChI is InChI=1S/C21H28N4O3/c1-12-15-7-5-6-8-18(15)28-19(12)14(3)22-21(26)23-17-9-10-27-20(17)16-11-25(4)24-13(16)2/h5-8,11-12,14,17,19-20H,9-10H2,1-4H3,(H2,22,23,26)/t12?,14?,17-,19?,20+/m1/s1. The van der Waals surface area contributed by atoms with Crippen molar-refractivity contribution in [2.75, 3.05) is 6.61 Å². The van der Waals surface area contributed by atoms with Crippen molar-refractivity contribution >= 4 is 6.03 Å². The van der Waals surface area contributed by atoms with E-state index in [1.807, 2.05) is 45.3 Å². The summed E-state index contributed by atoms with van der Waals surface area (Å²) in [7, 11) is 1.89. The topological polar surface area (TPSA) is 77.4 Å². The van der Waals surface area contributed by atoms with Gasteiger partial charge in [-0.3, -0.25) is 4.68 Å². The van der Waals surface area contributed by atoms with E-state index in [0.717, 1.165) is 23.4 Å². The van der Waals surface area contributed by atoms with Gasteiger partial charge < -0.3 is 20.1 Å². The van der Waals surface area contributed by atoms with Crippen LogP contribution in [0.5, 0.6) is 5.75 Å². The van der Waals surface area contributed by atoms with Crippen molar-refractivity contribution in [1.29, 1.82) is 0 Å². The summed E-state index contributed by atoms with van der Waals surface area (Å²) in [5.41, 5.74) is 3.15. The summed E-state index contributed by atoms with van der Waals surface area (Å²) in [6.07, 6.45) is 2.49. The van der Waals surface area contributed by atoms with Crippen LogP contribution in [-0.4, -0.2) is 40.6 Å². The van der Waals surface area contributed by atoms with Gasteiger partial charge in [-0.15, -0.1) is 0 Å². The molecule has 7 nitrogen and oxygen atoms in total. The zero-order chi connectivity index (χ0) is 19.8. The van der Waals surface area contributed by atoms with Gasteiger partial charge in [0.05, 0.1) is 17.8 Å². The molecule has 0 spiro atoms. The first kappa shape index (κ1) is 18.8. The van der Waals surface area contributed by atoms with Crippen LogP contribution in [0.3, 0.4) is 0 Å². The summed E-state index contributed by atoms with van der Waals surface area (Å²) in [6.45, 7) is 6.71. The molecule has 150 valence electrons. The van der Waals surface area contributed by atoms with E-state index in [2.05, 4.69) is 28.7 Å². The molecule has 0 aliphatic carbocycles. The monoisotopic (exact) mass is 384 g/mol. The van der Waals surface area contributed by atoms with E-state index in [4.69, 9.17) is 9.47 Å². The molecular formula is C21H28N4O3. The zero-order valence-electron chi connectivity index (χ0n) is 16.8. The zero-order valence-corrected chi connectivity index (χ0v) is 16.8. The number of benzene rings is 1. The molecule has 2 aliphatic heterocycles. The molecule has 4 rings (SSSR count). The molecule has 3 heterocycles. The number of carbonyl (C=O) groups is 1. The van der Waals surface area contributed by atoms with Gasteiger partial charge in [0.15, 0.2) is 0 Å². The SMILES string of the molecule is Cc1nn(C)cc1[C@@H]1OCC[C@H]1NC(=O)NC(C)C1Oc2ccccc2C1C. The van der Waals surface area contributed by atoms with E-state index in [1.54, 1.807) is 4.68 Å². The molecule has 0 radical (unpaired) electrons. The number of urea groups is 1. The Hall–Kier alpha value is -2.54. The molecular weight excluding hydrogens is 356 g/mol. The van der Waals surface area contributed by atoms with Crippen LogP contribution < -0.4 is 15.4 Å². The Labute approximate surface area is 165 Å². The fraction of sp³-hybridized carbons (Fsp3) is 0.524. The maximum Gasteiger partial charge on any atom is 0.315 e. The van der Waals surface area contributed by atoms with Crippen LogP contribution in [0, 0.1) is 6.92 Å². The summed E-state index contributed by atoms with van der Waals surface area (Å²) >= 11 is 0. The number of carbonyl (C=O) groups excluding carboxylic acids is 1. The average molecular weight is 384 g/mol. The van der Waals surface area contributed by atoms with E-state index in [9.17, 15) is 4.79 Å². The molecule has 1 fully saturated rings. The molecule has 0 bridgehead atoms. The van der Waals surface area contributed by atoms with Gasteiger partial charge >= 0.3 is 6.03 Å². The van der Waals surface area contributed by atoms with Crippen LogP contribution in [0.1, 0.15) is 49.1 Å². The highest BCUT2D eigenvalue weighted by Gasteiger charge is 2.37. The Morgan fingerprint density at radius 3 is 2.82 bits per heavy atom. The highest BCUT2D eigenvalue weighted by Crippen LogP contribution is 2.38. The molecule has 3 unspecified atom stereocenters. The first-order chi connectivity index (χ1) is 13.4. The number of nitrogens with zero attached hydrogens (tertiary/aromatic N) is 2. The Balaban J connectivity index is 1.37. The van der Waals surface area contributed by atoms with Crippen molar-refractivity contribution in [2.24, 2.45) is 7.05 Å². The average Bonchev–Trinajstić information content (AvgIpc) is 3.33. The second-order valence-electron chi connectivity index (χ2n) is 7.85. The van der Waals surface area contributed by atoms with Crippen LogP contribution in [0.25, 0.3) is 0 Å². The molecule has 0 saturated carbocycles. The van der Waals surface area contributed by atoms with Crippen LogP contribution in [-0.2, 0) is 11.8 Å². The van der Waals surface area contributed by atoms with E-state index < -0.39 is 0 Å². The van der Waals surface area contributed by atoms with Crippen molar-refractivity contribution in [1.82, 2.24) is 20.4 Å². The van der Waals surface area contributed by atoms with Gasteiger partial charge in [-0.1, -0.05) is 25.1 Å². The quantitative estimate of drug-likeness (QED) is 0.850. The lowest BCUT2D eigenvalue weighted by molar-refractivity contribution is 0.0988. The lowest BCUT2D eigenvalue weighted by Gasteiger charge is -2.26. The summed E-state index contributed by atoms with van der Waals surface area (Å²) in [5, 5.41) is 10.5. The first-order valence-electron chi connectivity index (χ1n) is 9.88. The Morgan fingerprint density at radius 2 is 2.11 bits per heavy atom. The minimum absolute atomic E-state index is 0.0748. The smallest absolute Gasteiger partial charge is 0.315 e. The summed E-state index contributed by atoms with van der Waals surface area (Å²) < 4.78 is 13.8. The molecule has 2 N–H and O–H groups in total.